The van der Waals surface area contributed by atoms with E-state index in [4.69, 9.17) is 4.98 Å². The Morgan fingerprint density at radius 2 is 2.37 bits per heavy atom. The Bertz CT molecular complexity index is 403. The first kappa shape index (κ1) is 13.9. The van der Waals surface area contributed by atoms with Gasteiger partial charge >= 0.3 is 0 Å². The van der Waals surface area contributed by atoms with Crippen molar-refractivity contribution in [2.45, 2.75) is 50.6 Å². The van der Waals surface area contributed by atoms with Crippen LogP contribution in [0.3, 0.4) is 0 Å². The fourth-order valence-corrected chi connectivity index (χ4v) is 4.41. The summed E-state index contributed by atoms with van der Waals surface area (Å²) in [6.45, 7) is 6.74. The molecule has 1 aromatic rings. The van der Waals surface area contributed by atoms with E-state index in [-0.39, 0.29) is 0 Å². The van der Waals surface area contributed by atoms with Gasteiger partial charge in [-0.05, 0) is 19.3 Å². The van der Waals surface area contributed by atoms with Crippen molar-refractivity contribution in [1.29, 1.82) is 0 Å². The fourth-order valence-electron chi connectivity index (χ4n) is 2.42. The molecule has 1 saturated heterocycles. The maximum Gasteiger partial charge on any atom is 0.107 e. The third-order valence-electron chi connectivity index (χ3n) is 3.78. The number of rotatable bonds is 6. The molecule has 1 aromatic heterocycles. The first-order valence-corrected chi connectivity index (χ1v) is 9.27. The van der Waals surface area contributed by atoms with Crippen LogP contribution in [0.15, 0.2) is 5.38 Å². The third-order valence-corrected chi connectivity index (χ3v) is 6.05. The van der Waals surface area contributed by atoms with Crippen LogP contribution in [0, 0.1) is 0 Å². The molecule has 2 heterocycles. The molecule has 3 nitrogen and oxygen atoms in total. The van der Waals surface area contributed by atoms with Crippen molar-refractivity contribution in [1.82, 2.24) is 15.2 Å². The first-order valence-electron chi connectivity index (χ1n) is 7.34. The van der Waals surface area contributed by atoms with Gasteiger partial charge in [-0.1, -0.05) is 6.92 Å². The van der Waals surface area contributed by atoms with Crippen molar-refractivity contribution in [3.8, 4) is 0 Å². The average molecular weight is 297 g/mol. The summed E-state index contributed by atoms with van der Waals surface area (Å²) >= 11 is 3.94. The van der Waals surface area contributed by atoms with E-state index in [1.54, 1.807) is 0 Å². The second kappa shape index (κ2) is 6.57. The highest BCUT2D eigenvalue weighted by Crippen LogP contribution is 2.23. The molecule has 1 N–H and O–H groups in total. The van der Waals surface area contributed by atoms with Crippen molar-refractivity contribution >= 4 is 23.1 Å². The predicted molar refractivity (Wildman–Crippen MR) is 83.8 cm³/mol. The van der Waals surface area contributed by atoms with Crippen molar-refractivity contribution in [3.05, 3.63) is 16.1 Å². The minimum Gasteiger partial charge on any atom is -0.308 e. The van der Waals surface area contributed by atoms with Gasteiger partial charge in [0.25, 0.3) is 0 Å². The van der Waals surface area contributed by atoms with Crippen LogP contribution in [0.25, 0.3) is 0 Å². The predicted octanol–water partition coefficient (Wildman–Crippen LogP) is 2.72. The number of hydrogen-bond acceptors (Lipinski definition) is 5. The van der Waals surface area contributed by atoms with Gasteiger partial charge in [0, 0.05) is 48.6 Å². The Morgan fingerprint density at radius 1 is 1.47 bits per heavy atom. The van der Waals surface area contributed by atoms with Crippen molar-refractivity contribution in [3.63, 3.8) is 0 Å². The molecule has 106 valence electrons. The number of hydrogen-bond donors (Lipinski definition) is 1. The summed E-state index contributed by atoms with van der Waals surface area (Å²) in [6.07, 6.45) is 3.99. The van der Waals surface area contributed by atoms with Gasteiger partial charge in [-0.25, -0.2) is 4.98 Å². The maximum atomic E-state index is 4.76. The topological polar surface area (TPSA) is 28.2 Å². The standard InChI is InChI=1S/C14H23N3S2/c1-2-13-9-17(5-6-18-13)8-12-10-19-14(16-12)7-15-11-3-4-11/h10-11,13,15H,2-9H2,1H3. The second-order valence-electron chi connectivity index (χ2n) is 5.52. The minimum absolute atomic E-state index is 0.775. The monoisotopic (exact) mass is 297 g/mol. The summed E-state index contributed by atoms with van der Waals surface area (Å²) in [5, 5.41) is 7.85. The molecule has 0 amide bonds. The minimum atomic E-state index is 0.775. The molecular weight excluding hydrogens is 274 g/mol. The van der Waals surface area contributed by atoms with Crippen LogP contribution in [-0.2, 0) is 13.1 Å². The molecule has 1 aliphatic heterocycles. The van der Waals surface area contributed by atoms with E-state index in [0.717, 1.165) is 24.4 Å². The molecule has 3 rings (SSSR count). The van der Waals surface area contributed by atoms with Crippen LogP contribution in [0.4, 0.5) is 0 Å². The van der Waals surface area contributed by atoms with Crippen molar-refractivity contribution < 1.29 is 0 Å². The summed E-state index contributed by atoms with van der Waals surface area (Å²) < 4.78 is 0. The molecule has 0 aromatic carbocycles. The molecule has 2 aliphatic rings. The van der Waals surface area contributed by atoms with Crippen LogP contribution >= 0.6 is 23.1 Å². The largest absolute Gasteiger partial charge is 0.308 e. The molecule has 0 radical (unpaired) electrons. The van der Waals surface area contributed by atoms with Crippen LogP contribution in [0.5, 0.6) is 0 Å². The average Bonchev–Trinajstić information content (AvgIpc) is 3.17. The summed E-state index contributed by atoms with van der Waals surface area (Å²) in [6, 6.07) is 0.775. The zero-order chi connectivity index (χ0) is 13.1. The summed E-state index contributed by atoms with van der Waals surface area (Å²) in [7, 11) is 0. The molecule has 1 aliphatic carbocycles. The Morgan fingerprint density at radius 3 is 3.16 bits per heavy atom. The van der Waals surface area contributed by atoms with Crippen molar-refractivity contribution in [2.24, 2.45) is 0 Å². The number of thiazole rings is 1. The van der Waals surface area contributed by atoms with Gasteiger partial charge in [-0.3, -0.25) is 4.90 Å². The van der Waals surface area contributed by atoms with Gasteiger partial charge in [0.2, 0.25) is 0 Å². The molecule has 19 heavy (non-hydrogen) atoms. The van der Waals surface area contributed by atoms with Gasteiger partial charge in [-0.15, -0.1) is 11.3 Å². The van der Waals surface area contributed by atoms with Crippen LogP contribution in [0.1, 0.15) is 36.9 Å². The Kier molecular flexibility index (Phi) is 4.79. The lowest BCUT2D eigenvalue weighted by Gasteiger charge is -2.31. The Balaban J connectivity index is 1.48. The lowest BCUT2D eigenvalue weighted by atomic mass is 10.3. The Hall–Kier alpha value is -0.100. The van der Waals surface area contributed by atoms with Crippen molar-refractivity contribution in [2.75, 3.05) is 18.8 Å². The number of nitrogens with one attached hydrogen (secondary N) is 1. The van der Waals surface area contributed by atoms with E-state index in [9.17, 15) is 0 Å². The van der Waals surface area contributed by atoms with Crippen LogP contribution in [0.2, 0.25) is 0 Å². The molecule has 1 saturated carbocycles. The fraction of sp³-hybridized carbons (Fsp3) is 0.786. The molecule has 0 spiro atoms. The lowest BCUT2D eigenvalue weighted by molar-refractivity contribution is 0.270. The highest BCUT2D eigenvalue weighted by Gasteiger charge is 2.21. The maximum absolute atomic E-state index is 4.76. The van der Waals surface area contributed by atoms with Crippen LogP contribution in [-0.4, -0.2) is 40.0 Å². The number of aromatic nitrogens is 1. The van der Waals surface area contributed by atoms with Gasteiger partial charge in [0.05, 0.1) is 5.69 Å². The summed E-state index contributed by atoms with van der Waals surface area (Å²) in [5.74, 6) is 1.28. The lowest BCUT2D eigenvalue weighted by Crippen LogP contribution is -2.37. The van der Waals surface area contributed by atoms with Gasteiger partial charge in [-0.2, -0.15) is 11.8 Å². The summed E-state index contributed by atoms with van der Waals surface area (Å²) in [4.78, 5) is 7.33. The third kappa shape index (κ3) is 4.18. The molecular formula is C14H23N3S2. The highest BCUT2D eigenvalue weighted by atomic mass is 32.2. The van der Waals surface area contributed by atoms with E-state index < -0.39 is 0 Å². The molecule has 1 unspecified atom stereocenters. The van der Waals surface area contributed by atoms with E-state index in [0.29, 0.717) is 0 Å². The second-order valence-corrected chi connectivity index (χ2v) is 7.87. The summed E-state index contributed by atoms with van der Waals surface area (Å²) in [5.41, 5.74) is 1.26. The van der Waals surface area contributed by atoms with Gasteiger partial charge in [0.15, 0.2) is 0 Å². The van der Waals surface area contributed by atoms with Crippen LogP contribution < -0.4 is 5.32 Å². The van der Waals surface area contributed by atoms with E-state index in [1.165, 1.54) is 48.8 Å². The molecule has 1 atom stereocenters. The SMILES string of the molecule is CCC1CN(Cc2csc(CNC3CC3)n2)CCS1. The van der Waals surface area contributed by atoms with Gasteiger partial charge < -0.3 is 5.32 Å². The quantitative estimate of drug-likeness (QED) is 0.874. The zero-order valence-corrected chi connectivity index (χ0v) is 13.2. The first-order chi connectivity index (χ1) is 9.33. The normalized spacial score (nSPS) is 24.8. The Labute approximate surface area is 124 Å². The van der Waals surface area contributed by atoms with Gasteiger partial charge in [0.1, 0.15) is 5.01 Å². The van der Waals surface area contributed by atoms with E-state index in [2.05, 4.69) is 34.3 Å². The molecule has 5 heteroatoms. The number of nitrogens with zero attached hydrogens (tertiary/aromatic N) is 2. The van der Waals surface area contributed by atoms with E-state index >= 15 is 0 Å². The molecule has 0 bridgehead atoms. The zero-order valence-electron chi connectivity index (χ0n) is 11.6. The smallest absolute Gasteiger partial charge is 0.107 e. The molecule has 2 fully saturated rings. The highest BCUT2D eigenvalue weighted by molar-refractivity contribution is 8.00. The number of thioether (sulfide) groups is 1. The van der Waals surface area contributed by atoms with E-state index in [1.807, 2.05) is 11.3 Å².